The summed E-state index contributed by atoms with van der Waals surface area (Å²) in [4.78, 5) is 14.8. The zero-order valence-corrected chi connectivity index (χ0v) is 15.5. The summed E-state index contributed by atoms with van der Waals surface area (Å²) in [6.45, 7) is 5.86. The van der Waals surface area contributed by atoms with E-state index < -0.39 is 12.7 Å². The van der Waals surface area contributed by atoms with E-state index in [9.17, 15) is 9.82 Å². The van der Waals surface area contributed by atoms with Crippen LogP contribution in [0.1, 0.15) is 36.2 Å². The van der Waals surface area contributed by atoms with Gasteiger partial charge in [-0.3, -0.25) is 4.79 Å². The van der Waals surface area contributed by atoms with Crippen molar-refractivity contribution in [2.24, 2.45) is 0 Å². The van der Waals surface area contributed by atoms with E-state index in [0.717, 1.165) is 24.3 Å². The molecule has 4 rings (SSSR count). The number of halogens is 1. The topological polar surface area (TPSA) is 61.8 Å². The Bertz CT molecular complexity index is 883. The van der Waals surface area contributed by atoms with Gasteiger partial charge in [-0.1, -0.05) is 17.7 Å². The van der Waals surface area contributed by atoms with Crippen LogP contribution < -0.4 is 15.7 Å². The van der Waals surface area contributed by atoms with Crippen LogP contribution >= 0.6 is 11.6 Å². The molecule has 0 spiro atoms. The minimum absolute atomic E-state index is 0.280. The molecule has 1 saturated heterocycles. The van der Waals surface area contributed by atoms with Gasteiger partial charge in [0.1, 0.15) is 0 Å². The summed E-state index contributed by atoms with van der Waals surface area (Å²) in [6, 6.07) is 10.9. The Labute approximate surface area is 158 Å². The van der Waals surface area contributed by atoms with Gasteiger partial charge in [-0.15, -0.1) is 0 Å². The van der Waals surface area contributed by atoms with Crippen LogP contribution in [-0.4, -0.2) is 31.1 Å². The van der Waals surface area contributed by atoms with Crippen molar-refractivity contribution >= 4 is 41.5 Å². The largest absolute Gasteiger partial charge is 0.492 e. The molecule has 2 aromatic rings. The SMILES string of the molecule is CC1(C)OB(O)c2cc(NC(=O)c3ccc(N4CCC4)cc3Cl)ccc21. The van der Waals surface area contributed by atoms with Crippen LogP contribution in [0, 0.1) is 0 Å². The quantitative estimate of drug-likeness (QED) is 0.816. The maximum absolute atomic E-state index is 12.6. The first-order chi connectivity index (χ1) is 12.3. The molecule has 0 unspecified atom stereocenters. The second kappa shape index (κ2) is 6.30. The van der Waals surface area contributed by atoms with Gasteiger partial charge < -0.3 is 19.9 Å². The number of hydrogen-bond acceptors (Lipinski definition) is 4. The molecule has 0 atom stereocenters. The Morgan fingerprint density at radius 2 is 2.04 bits per heavy atom. The van der Waals surface area contributed by atoms with E-state index >= 15 is 0 Å². The Balaban J connectivity index is 1.55. The smallest absolute Gasteiger partial charge is 0.423 e. The Kier molecular flexibility index (Phi) is 4.22. The number of rotatable bonds is 3. The van der Waals surface area contributed by atoms with Crippen LogP contribution in [0.3, 0.4) is 0 Å². The third kappa shape index (κ3) is 2.98. The van der Waals surface area contributed by atoms with Crippen molar-refractivity contribution in [2.75, 3.05) is 23.3 Å². The van der Waals surface area contributed by atoms with E-state index in [-0.39, 0.29) is 5.91 Å². The van der Waals surface area contributed by atoms with Crippen LogP contribution in [0.25, 0.3) is 0 Å². The van der Waals surface area contributed by atoms with Crippen LogP contribution in [0.4, 0.5) is 11.4 Å². The van der Waals surface area contributed by atoms with Crippen LogP contribution in [-0.2, 0) is 10.3 Å². The fourth-order valence-corrected chi connectivity index (χ4v) is 3.72. The molecule has 134 valence electrons. The molecule has 2 aliphatic rings. The molecular formula is C19H20BClN2O3. The number of carbonyl (C=O) groups excluding carboxylic acids is 1. The first kappa shape index (κ1) is 17.4. The summed E-state index contributed by atoms with van der Waals surface area (Å²) in [7, 11) is -0.990. The third-order valence-corrected chi connectivity index (χ3v) is 5.36. The number of nitrogens with one attached hydrogen (secondary N) is 1. The predicted octanol–water partition coefficient (Wildman–Crippen LogP) is 2.76. The van der Waals surface area contributed by atoms with Gasteiger partial charge in [0.25, 0.3) is 5.91 Å². The van der Waals surface area contributed by atoms with Crippen molar-refractivity contribution < 1.29 is 14.5 Å². The van der Waals surface area contributed by atoms with Crippen molar-refractivity contribution in [3.05, 3.63) is 52.5 Å². The van der Waals surface area contributed by atoms with Crippen molar-refractivity contribution in [3.8, 4) is 0 Å². The van der Waals surface area contributed by atoms with Gasteiger partial charge in [0.2, 0.25) is 0 Å². The van der Waals surface area contributed by atoms with E-state index in [4.69, 9.17) is 16.3 Å². The lowest BCUT2D eigenvalue weighted by Gasteiger charge is -2.33. The molecule has 0 aliphatic carbocycles. The number of hydrogen-bond donors (Lipinski definition) is 2. The van der Waals surface area contributed by atoms with Gasteiger partial charge in [0.15, 0.2) is 0 Å². The van der Waals surface area contributed by atoms with Crippen LogP contribution in [0.2, 0.25) is 5.02 Å². The lowest BCUT2D eigenvalue weighted by atomic mass is 9.78. The Hall–Kier alpha value is -2.02. The van der Waals surface area contributed by atoms with E-state index in [2.05, 4.69) is 10.2 Å². The zero-order chi connectivity index (χ0) is 18.5. The molecule has 5 nitrogen and oxygen atoms in total. The van der Waals surface area contributed by atoms with Crippen LogP contribution in [0.15, 0.2) is 36.4 Å². The molecule has 1 fully saturated rings. The summed E-state index contributed by atoms with van der Waals surface area (Å²) in [5, 5.41) is 13.4. The number of carbonyl (C=O) groups is 1. The second-order valence-corrected chi connectivity index (χ2v) is 7.65. The number of amides is 1. The molecule has 0 aromatic heterocycles. The molecule has 7 heteroatoms. The molecule has 26 heavy (non-hydrogen) atoms. The molecule has 0 radical (unpaired) electrons. The van der Waals surface area contributed by atoms with Gasteiger partial charge in [0, 0.05) is 24.5 Å². The summed E-state index contributed by atoms with van der Waals surface area (Å²) >= 11 is 6.32. The monoisotopic (exact) mass is 370 g/mol. The normalized spacial score (nSPS) is 17.7. The fourth-order valence-electron chi connectivity index (χ4n) is 3.46. The number of benzene rings is 2. The van der Waals surface area contributed by atoms with Crippen LogP contribution in [0.5, 0.6) is 0 Å². The number of fused-ring (bicyclic) bond motifs is 1. The van der Waals surface area contributed by atoms with E-state index in [0.29, 0.717) is 21.7 Å². The van der Waals surface area contributed by atoms with Crippen molar-refractivity contribution in [1.29, 1.82) is 0 Å². The Morgan fingerprint density at radius 3 is 2.69 bits per heavy atom. The summed E-state index contributed by atoms with van der Waals surface area (Å²) in [6.07, 6.45) is 1.19. The Morgan fingerprint density at radius 1 is 1.27 bits per heavy atom. The molecule has 0 saturated carbocycles. The van der Waals surface area contributed by atoms with Crippen molar-refractivity contribution in [1.82, 2.24) is 0 Å². The first-order valence-corrected chi connectivity index (χ1v) is 9.09. The minimum atomic E-state index is -0.990. The molecule has 1 amide bonds. The number of nitrogens with zero attached hydrogens (tertiary/aromatic N) is 1. The fraction of sp³-hybridized carbons (Fsp3) is 0.316. The molecular weight excluding hydrogens is 350 g/mol. The average Bonchev–Trinajstić information content (AvgIpc) is 2.74. The summed E-state index contributed by atoms with van der Waals surface area (Å²) < 4.78 is 5.55. The van der Waals surface area contributed by atoms with E-state index in [1.54, 1.807) is 12.1 Å². The van der Waals surface area contributed by atoms with Crippen molar-refractivity contribution in [2.45, 2.75) is 25.9 Å². The highest BCUT2D eigenvalue weighted by molar-refractivity contribution is 6.62. The standard InChI is InChI=1S/C19H20BClN2O3/c1-19(2)15-7-4-12(10-16(15)20(25)26-19)22-18(24)14-6-5-13(11-17(14)21)23-8-3-9-23/h4-7,10-11,25H,3,8-9H2,1-2H3,(H,22,24). The summed E-state index contributed by atoms with van der Waals surface area (Å²) in [5.74, 6) is -0.280. The molecule has 0 bridgehead atoms. The van der Waals surface area contributed by atoms with Crippen molar-refractivity contribution in [3.63, 3.8) is 0 Å². The highest BCUT2D eigenvalue weighted by atomic mass is 35.5. The van der Waals surface area contributed by atoms with Gasteiger partial charge in [-0.2, -0.15) is 0 Å². The third-order valence-electron chi connectivity index (χ3n) is 5.05. The highest BCUT2D eigenvalue weighted by Crippen LogP contribution is 2.31. The lowest BCUT2D eigenvalue weighted by Crippen LogP contribution is -2.36. The number of anilines is 2. The highest BCUT2D eigenvalue weighted by Gasteiger charge is 2.40. The second-order valence-electron chi connectivity index (χ2n) is 7.24. The molecule has 2 aromatic carbocycles. The van der Waals surface area contributed by atoms with E-state index in [1.165, 1.54) is 6.42 Å². The minimum Gasteiger partial charge on any atom is -0.423 e. The van der Waals surface area contributed by atoms with Gasteiger partial charge in [-0.25, -0.2) is 0 Å². The summed E-state index contributed by atoms with van der Waals surface area (Å²) in [5.41, 5.74) is 3.10. The molecule has 2 aliphatic heterocycles. The van der Waals surface area contributed by atoms with Gasteiger partial charge in [0.05, 0.1) is 16.2 Å². The maximum Gasteiger partial charge on any atom is 0.492 e. The predicted molar refractivity (Wildman–Crippen MR) is 104 cm³/mol. The zero-order valence-electron chi connectivity index (χ0n) is 14.8. The van der Waals surface area contributed by atoms with E-state index in [1.807, 2.05) is 38.1 Å². The molecule has 2 N–H and O–H groups in total. The molecule has 2 heterocycles. The average molecular weight is 371 g/mol. The van der Waals surface area contributed by atoms with Gasteiger partial charge >= 0.3 is 7.12 Å². The maximum atomic E-state index is 12.6. The first-order valence-electron chi connectivity index (χ1n) is 8.71. The van der Waals surface area contributed by atoms with Gasteiger partial charge in [-0.05, 0) is 61.6 Å². The lowest BCUT2D eigenvalue weighted by molar-refractivity contribution is 0.101.